The van der Waals surface area contributed by atoms with Gasteiger partial charge in [-0.3, -0.25) is 23.5 Å². The molecule has 0 aromatic carbocycles. The van der Waals surface area contributed by atoms with Gasteiger partial charge in [0.25, 0.3) is 5.56 Å². The van der Waals surface area contributed by atoms with Crippen LogP contribution in [0, 0.1) is 0 Å². The molecule has 7 heterocycles. The van der Waals surface area contributed by atoms with E-state index in [0.29, 0.717) is 16.9 Å². The quantitative estimate of drug-likeness (QED) is 0.0817. The van der Waals surface area contributed by atoms with Crippen LogP contribution < -0.4 is 33.3 Å². The molecule has 0 spiro atoms. The zero-order valence-corrected chi connectivity index (χ0v) is 30.7. The summed E-state index contributed by atoms with van der Waals surface area (Å²) in [5.74, 6) is 1.01. The molecule has 3 saturated heterocycles. The summed E-state index contributed by atoms with van der Waals surface area (Å²) >= 11 is 6.53. The number of aliphatic hydroxyl groups excluding tert-OH is 3. The van der Waals surface area contributed by atoms with Crippen LogP contribution in [-0.2, 0) is 39.8 Å². The van der Waals surface area contributed by atoms with Crippen molar-refractivity contribution in [3.05, 3.63) is 68.5 Å². The minimum atomic E-state index is -4.27. The molecule has 3 aliphatic rings. The first-order valence-electron chi connectivity index (χ1n) is 16.1. The van der Waals surface area contributed by atoms with Crippen molar-refractivity contribution in [1.29, 1.82) is 0 Å². The number of rotatable bonds is 11. The van der Waals surface area contributed by atoms with E-state index in [2.05, 4.69) is 24.9 Å². The molecule has 4 aromatic heterocycles. The van der Waals surface area contributed by atoms with E-state index in [1.54, 1.807) is 16.8 Å². The van der Waals surface area contributed by atoms with Gasteiger partial charge in [-0.1, -0.05) is 11.8 Å². The van der Waals surface area contributed by atoms with E-state index in [-0.39, 0.29) is 42.9 Å². The van der Waals surface area contributed by atoms with Crippen LogP contribution in [-0.4, -0.2) is 123 Å². The van der Waals surface area contributed by atoms with Gasteiger partial charge in [-0.25, -0.2) is 24.5 Å². The predicted octanol–water partition coefficient (Wildman–Crippen LogP) is -3.10. The number of anilines is 2. The fourth-order valence-corrected chi connectivity index (χ4v) is 8.23. The van der Waals surface area contributed by atoms with E-state index in [9.17, 15) is 29.5 Å². The van der Waals surface area contributed by atoms with Crippen molar-refractivity contribution >= 4 is 53.1 Å². The van der Waals surface area contributed by atoms with E-state index < -0.39 is 73.2 Å². The largest absolute Gasteiger partial charge is 0.780 e. The Labute approximate surface area is 313 Å². The number of nitrogens with one attached hydrogen (secondary N) is 1. The Morgan fingerprint density at radius 1 is 1.04 bits per heavy atom. The monoisotopic (exact) mass is 815 g/mol. The number of imidazole rings is 1. The SMILES string of the molecule is CO[C@@H]1[C@H](OP([O-])(=S)OC[C@H]2O[C@@H](n3cnc4c(N)ncnc43)C[C@@H]2O)[C@@H](CO)O[C@H]1n1ccc(=O)[nH]c1=O.Nc1ccn([C@@H]2CS[C@H](CO)O2)c(=O)n1. The van der Waals surface area contributed by atoms with Gasteiger partial charge in [-0.2, -0.15) is 4.98 Å². The third kappa shape index (κ3) is 8.73. The summed E-state index contributed by atoms with van der Waals surface area (Å²) in [6.45, 7) is -5.30. The molecular formula is C28H36N10O13PS2-. The number of ether oxygens (including phenoxy) is 4. The summed E-state index contributed by atoms with van der Waals surface area (Å²) < 4.78 is 37.3. The lowest BCUT2D eigenvalue weighted by Crippen LogP contribution is -2.40. The van der Waals surface area contributed by atoms with Gasteiger partial charge >= 0.3 is 11.4 Å². The molecule has 0 radical (unpaired) electrons. The highest BCUT2D eigenvalue weighted by Gasteiger charge is 2.48. The van der Waals surface area contributed by atoms with Gasteiger partial charge in [0.2, 0.25) is 0 Å². The van der Waals surface area contributed by atoms with Gasteiger partial charge < -0.3 is 59.7 Å². The number of hydrogen-bond acceptors (Lipinski definition) is 21. The molecule has 7 rings (SSSR count). The van der Waals surface area contributed by atoms with Gasteiger partial charge in [0.1, 0.15) is 66.7 Å². The first-order valence-corrected chi connectivity index (χ1v) is 19.7. The Balaban J connectivity index is 0.000000276. The van der Waals surface area contributed by atoms with Crippen molar-refractivity contribution in [3.63, 3.8) is 0 Å². The lowest BCUT2D eigenvalue weighted by molar-refractivity contribution is -0.218. The van der Waals surface area contributed by atoms with E-state index in [1.165, 1.54) is 42.3 Å². The van der Waals surface area contributed by atoms with Gasteiger partial charge in [0, 0.05) is 37.7 Å². The van der Waals surface area contributed by atoms with E-state index in [0.717, 1.165) is 10.6 Å². The molecule has 294 valence electrons. The third-order valence-corrected chi connectivity index (χ3v) is 11.1. The normalized spacial score (nSPS) is 29.2. The summed E-state index contributed by atoms with van der Waals surface area (Å²) in [6, 6.07) is 2.65. The summed E-state index contributed by atoms with van der Waals surface area (Å²) in [7, 11) is 1.30. The number of fused-ring (bicyclic) bond motifs is 1. The van der Waals surface area contributed by atoms with E-state index in [4.69, 9.17) is 56.4 Å². The zero-order valence-electron chi connectivity index (χ0n) is 28.2. The maximum Gasteiger partial charge on any atom is 0.351 e. The molecule has 0 bridgehead atoms. The molecule has 0 aliphatic carbocycles. The molecule has 1 unspecified atom stereocenters. The highest BCUT2D eigenvalue weighted by molar-refractivity contribution is 8.06. The lowest BCUT2D eigenvalue weighted by atomic mass is 10.1. The first-order chi connectivity index (χ1) is 25.8. The van der Waals surface area contributed by atoms with Gasteiger partial charge in [0.05, 0.1) is 32.3 Å². The van der Waals surface area contributed by atoms with Crippen molar-refractivity contribution in [1.82, 2.24) is 38.6 Å². The summed E-state index contributed by atoms with van der Waals surface area (Å²) in [4.78, 5) is 66.2. The summed E-state index contributed by atoms with van der Waals surface area (Å²) in [5.41, 5.74) is 9.89. The van der Waals surface area contributed by atoms with Crippen molar-refractivity contribution in [3.8, 4) is 0 Å². The highest BCUT2D eigenvalue weighted by atomic mass is 32.5. The van der Waals surface area contributed by atoms with Crippen LogP contribution >= 0.6 is 18.5 Å². The van der Waals surface area contributed by atoms with Crippen LogP contribution in [0.3, 0.4) is 0 Å². The molecule has 4 aromatic rings. The van der Waals surface area contributed by atoms with Crippen LogP contribution in [0.1, 0.15) is 25.1 Å². The van der Waals surface area contributed by atoms with Crippen LogP contribution in [0.4, 0.5) is 11.6 Å². The third-order valence-electron chi connectivity index (χ3n) is 8.46. The Hall–Kier alpha value is -3.69. The fourth-order valence-electron chi connectivity index (χ4n) is 5.88. The number of nitrogens with zero attached hydrogens (tertiary/aromatic N) is 7. The minimum absolute atomic E-state index is 0.0572. The van der Waals surface area contributed by atoms with Crippen molar-refractivity contribution in [2.45, 2.75) is 61.1 Å². The molecule has 3 aliphatic heterocycles. The second-order valence-corrected chi connectivity index (χ2v) is 15.8. The van der Waals surface area contributed by atoms with Gasteiger partial charge in [-0.05, 0) is 6.07 Å². The number of aromatic amines is 1. The van der Waals surface area contributed by atoms with Gasteiger partial charge in [-0.15, -0.1) is 11.8 Å². The lowest BCUT2D eigenvalue weighted by Gasteiger charge is -2.34. The number of H-pyrrole nitrogens is 1. The average molecular weight is 816 g/mol. The molecule has 10 atom stereocenters. The highest BCUT2D eigenvalue weighted by Crippen LogP contribution is 2.46. The van der Waals surface area contributed by atoms with Crippen molar-refractivity contribution in [2.75, 3.05) is 44.2 Å². The number of aromatic nitrogens is 8. The molecule has 0 amide bonds. The number of hydrogen-bond donors (Lipinski definition) is 6. The number of thioether (sulfide) groups is 1. The number of nitrogen functional groups attached to an aromatic ring is 2. The van der Waals surface area contributed by atoms with Crippen LogP contribution in [0.5, 0.6) is 0 Å². The van der Waals surface area contributed by atoms with Crippen LogP contribution in [0.25, 0.3) is 11.2 Å². The summed E-state index contributed by atoms with van der Waals surface area (Å²) in [5, 5.41) is 29.2. The van der Waals surface area contributed by atoms with Crippen molar-refractivity contribution in [2.24, 2.45) is 0 Å². The molecule has 54 heavy (non-hydrogen) atoms. The number of aliphatic hydroxyl groups is 3. The van der Waals surface area contributed by atoms with Crippen LogP contribution in [0.15, 0.2) is 51.6 Å². The smallest absolute Gasteiger partial charge is 0.351 e. The second kappa shape index (κ2) is 17.0. The maximum absolute atomic E-state index is 13.1. The van der Waals surface area contributed by atoms with E-state index >= 15 is 0 Å². The minimum Gasteiger partial charge on any atom is -0.780 e. The molecule has 23 nitrogen and oxygen atoms in total. The maximum atomic E-state index is 13.1. The Morgan fingerprint density at radius 2 is 1.81 bits per heavy atom. The molecular weight excluding hydrogens is 779 g/mol. The molecule has 26 heteroatoms. The topological polar surface area (TPSA) is 325 Å². The van der Waals surface area contributed by atoms with Gasteiger partial charge in [0.15, 0.2) is 17.7 Å². The molecule has 0 saturated carbocycles. The standard InChI is InChI=1S/C20H26N7O10PS.C8H11N3O3S/c1-33-16-15(10(5-28)36-19(16)26-3-2-12(30)25-20(26)31)37-38(32,39)34-6-11-9(29)4-13(35-11)27-8-24-14-17(21)22-7-23-18(14)27;9-5-1-2-11(8(13)10-5)6-4-15-7(3-12)14-6/h2-3,7-11,13,15-16,19,28-29H,4-6H2,1H3,(H,32,39)(H2,21,22,23)(H,25,30,31);1-2,6-7,12H,3-4H2,(H2,9,10,13)/p-1/t9-,10+,11+,13+,15+,16+,19+,38?;6-,7+/m00/s1. The predicted molar refractivity (Wildman–Crippen MR) is 189 cm³/mol. The zero-order chi connectivity index (χ0) is 38.7. The second-order valence-electron chi connectivity index (χ2n) is 11.9. The van der Waals surface area contributed by atoms with E-state index in [1.807, 2.05) is 0 Å². The average Bonchev–Trinajstić information content (AvgIpc) is 3.93. The van der Waals surface area contributed by atoms with Crippen molar-refractivity contribution < 1.29 is 48.2 Å². The first kappa shape index (κ1) is 40.0. The fraction of sp³-hybridized carbons (Fsp3) is 0.536. The Bertz CT molecular complexity index is 2160. The molecule has 8 N–H and O–H groups in total. The Morgan fingerprint density at radius 3 is 2.50 bits per heavy atom. The Kier molecular flexibility index (Phi) is 12.6. The number of methoxy groups -OCH3 is 1. The molecule has 3 fully saturated rings. The van der Waals surface area contributed by atoms with Crippen LogP contribution in [0.2, 0.25) is 0 Å². The summed E-state index contributed by atoms with van der Waals surface area (Å²) in [6.07, 6.45) is -1.85. The number of nitrogens with two attached hydrogens (primary N) is 2.